The van der Waals surface area contributed by atoms with Gasteiger partial charge in [0.05, 0.1) is 11.9 Å². The Labute approximate surface area is 182 Å². The summed E-state index contributed by atoms with van der Waals surface area (Å²) in [5.41, 5.74) is 0.218. The lowest BCUT2D eigenvalue weighted by molar-refractivity contribution is -0.117. The van der Waals surface area contributed by atoms with Crippen molar-refractivity contribution in [3.05, 3.63) is 28.2 Å². The van der Waals surface area contributed by atoms with E-state index in [1.807, 2.05) is 13.8 Å². The van der Waals surface area contributed by atoms with E-state index < -0.39 is 22.0 Å². The molecule has 0 aliphatic carbocycles. The molecule has 0 unspecified atom stereocenters. The number of hydrogen-bond donors (Lipinski definition) is 1. The molecule has 0 spiro atoms. The van der Waals surface area contributed by atoms with Gasteiger partial charge in [0.2, 0.25) is 21.1 Å². The van der Waals surface area contributed by atoms with Crippen molar-refractivity contribution in [3.8, 4) is 0 Å². The van der Waals surface area contributed by atoms with Crippen molar-refractivity contribution in [1.82, 2.24) is 10.2 Å². The van der Waals surface area contributed by atoms with Crippen molar-refractivity contribution in [2.24, 2.45) is 0 Å². The summed E-state index contributed by atoms with van der Waals surface area (Å²) >= 11 is 14.8. The Hall–Kier alpha value is -1.07. The summed E-state index contributed by atoms with van der Waals surface area (Å²) in [6.45, 7) is 5.77. The number of nitrogens with one attached hydrogen (secondary N) is 1. The highest BCUT2D eigenvalue weighted by atomic mass is 35.5. The highest BCUT2D eigenvalue weighted by Crippen LogP contribution is 2.31. The van der Waals surface area contributed by atoms with Gasteiger partial charge in [0, 0.05) is 15.3 Å². The molecule has 1 heterocycles. The van der Waals surface area contributed by atoms with E-state index in [-0.39, 0.29) is 22.2 Å². The Balaban J connectivity index is 2.32. The number of thioether (sulfide) groups is 1. The largest absolute Gasteiger partial charge is 0.299 e. The van der Waals surface area contributed by atoms with Crippen LogP contribution in [0.5, 0.6) is 0 Å². The Morgan fingerprint density at radius 3 is 2.36 bits per heavy atom. The number of rotatable bonds is 8. The maximum absolute atomic E-state index is 12.9. The van der Waals surface area contributed by atoms with Gasteiger partial charge in [-0.15, -0.1) is 10.2 Å². The normalized spacial score (nSPS) is 12.8. The molecule has 0 radical (unpaired) electrons. The number of halogens is 2. The summed E-state index contributed by atoms with van der Waals surface area (Å²) in [7, 11) is -3.79. The molecule has 0 bridgehead atoms. The second-order valence-electron chi connectivity index (χ2n) is 6.14. The van der Waals surface area contributed by atoms with Gasteiger partial charge < -0.3 is 0 Å². The summed E-state index contributed by atoms with van der Waals surface area (Å²) in [5.74, 6) is -0.513. The fraction of sp³-hybridized carbons (Fsp3) is 0.438. The topological polar surface area (TPSA) is 92.3 Å². The van der Waals surface area contributed by atoms with Gasteiger partial charge in [-0.25, -0.2) is 8.42 Å². The first kappa shape index (κ1) is 23.2. The highest BCUT2D eigenvalue weighted by Gasteiger charge is 2.32. The van der Waals surface area contributed by atoms with E-state index in [4.69, 9.17) is 23.2 Å². The lowest BCUT2D eigenvalue weighted by Crippen LogP contribution is -2.47. The van der Waals surface area contributed by atoms with E-state index in [2.05, 4.69) is 15.5 Å². The zero-order valence-electron chi connectivity index (χ0n) is 15.6. The van der Waals surface area contributed by atoms with Crippen LogP contribution in [0.4, 0.5) is 10.8 Å². The van der Waals surface area contributed by atoms with E-state index >= 15 is 0 Å². The summed E-state index contributed by atoms with van der Waals surface area (Å²) in [5, 5.41) is 11.8. The zero-order chi connectivity index (χ0) is 21.1. The van der Waals surface area contributed by atoms with Crippen LogP contribution in [0.2, 0.25) is 10.0 Å². The molecule has 1 aromatic heterocycles. The molecule has 2 rings (SSSR count). The number of aromatic nitrogens is 2. The van der Waals surface area contributed by atoms with E-state index in [1.54, 1.807) is 6.92 Å². The molecule has 0 aliphatic heterocycles. The molecule has 2 aromatic rings. The van der Waals surface area contributed by atoms with Gasteiger partial charge in [-0.05, 0) is 24.6 Å². The van der Waals surface area contributed by atoms with Crippen molar-refractivity contribution in [2.75, 3.05) is 15.9 Å². The van der Waals surface area contributed by atoms with Crippen LogP contribution in [0.3, 0.4) is 0 Å². The molecule has 1 N–H and O–H groups in total. The molecular formula is C16H20Cl2N4O3S3. The standard InChI is InChI=1S/C16H20Cl2N4O3S3/c1-5-13(14(23)19-15-20-21-16(27-15)26-9(2)3)22(28(4,24)25)12-7-10(17)6-11(18)8-12/h6-9,13H,5H2,1-4H3,(H,19,20,23)/t13-/m0/s1. The minimum atomic E-state index is -3.79. The van der Waals surface area contributed by atoms with Crippen LogP contribution in [0.25, 0.3) is 0 Å². The lowest BCUT2D eigenvalue weighted by Gasteiger charge is -2.30. The molecule has 0 saturated carbocycles. The zero-order valence-corrected chi connectivity index (χ0v) is 19.6. The van der Waals surface area contributed by atoms with Crippen LogP contribution in [-0.2, 0) is 14.8 Å². The second-order valence-corrected chi connectivity index (χ2v) is 11.7. The van der Waals surface area contributed by atoms with E-state index in [0.29, 0.717) is 10.4 Å². The molecule has 12 heteroatoms. The lowest BCUT2D eigenvalue weighted by atomic mass is 10.2. The first-order valence-electron chi connectivity index (χ1n) is 8.27. The molecule has 154 valence electrons. The first-order chi connectivity index (χ1) is 13.0. The van der Waals surface area contributed by atoms with E-state index in [0.717, 1.165) is 14.9 Å². The van der Waals surface area contributed by atoms with Crippen LogP contribution in [-0.4, -0.2) is 42.1 Å². The number of benzene rings is 1. The number of amides is 1. The third kappa shape index (κ3) is 6.21. The van der Waals surface area contributed by atoms with E-state index in [9.17, 15) is 13.2 Å². The maximum atomic E-state index is 12.9. The molecule has 1 aromatic carbocycles. The minimum Gasteiger partial charge on any atom is -0.299 e. The molecule has 1 amide bonds. The summed E-state index contributed by atoms with van der Waals surface area (Å²) in [6.07, 6.45) is 1.26. The van der Waals surface area contributed by atoms with Crippen molar-refractivity contribution in [2.45, 2.75) is 42.8 Å². The molecule has 0 aliphatic rings. The fourth-order valence-electron chi connectivity index (χ4n) is 2.43. The van der Waals surface area contributed by atoms with Crippen LogP contribution in [0.15, 0.2) is 22.5 Å². The van der Waals surface area contributed by atoms with Gasteiger partial charge in [0.15, 0.2) is 4.34 Å². The van der Waals surface area contributed by atoms with Crippen molar-refractivity contribution >= 4 is 73.0 Å². The van der Waals surface area contributed by atoms with Gasteiger partial charge >= 0.3 is 0 Å². The Kier molecular flexibility index (Phi) is 7.97. The maximum Gasteiger partial charge on any atom is 0.250 e. The molecule has 1 atom stereocenters. The minimum absolute atomic E-state index is 0.218. The predicted octanol–water partition coefficient (Wildman–Crippen LogP) is 4.53. The number of carbonyl (C=O) groups excluding carboxylic acids is 1. The fourth-order valence-corrected chi connectivity index (χ4v) is 6.11. The third-order valence-electron chi connectivity index (χ3n) is 3.40. The number of hydrogen-bond acceptors (Lipinski definition) is 7. The van der Waals surface area contributed by atoms with Crippen LogP contribution >= 0.6 is 46.3 Å². The van der Waals surface area contributed by atoms with Gasteiger partial charge in [0.25, 0.3) is 0 Å². The van der Waals surface area contributed by atoms with Gasteiger partial charge in [0.1, 0.15) is 6.04 Å². The number of nitrogens with zero attached hydrogens (tertiary/aromatic N) is 3. The second kappa shape index (κ2) is 9.62. The molecule has 0 fully saturated rings. The molecule has 0 saturated heterocycles. The SMILES string of the molecule is CC[C@@H](C(=O)Nc1nnc(SC(C)C)s1)N(c1cc(Cl)cc(Cl)c1)S(C)(=O)=O. The number of sulfonamides is 1. The summed E-state index contributed by atoms with van der Waals surface area (Å²) in [4.78, 5) is 12.9. The third-order valence-corrected chi connectivity index (χ3v) is 6.95. The predicted molar refractivity (Wildman–Crippen MR) is 117 cm³/mol. The van der Waals surface area contributed by atoms with Gasteiger partial charge in [-0.3, -0.25) is 14.4 Å². The van der Waals surface area contributed by atoms with Gasteiger partial charge in [-0.2, -0.15) is 0 Å². The average Bonchev–Trinajstić information content (AvgIpc) is 2.95. The van der Waals surface area contributed by atoms with Gasteiger partial charge in [-0.1, -0.05) is 67.1 Å². The van der Waals surface area contributed by atoms with Crippen LogP contribution in [0.1, 0.15) is 27.2 Å². The van der Waals surface area contributed by atoms with Crippen LogP contribution in [0, 0.1) is 0 Å². The Morgan fingerprint density at radius 2 is 1.86 bits per heavy atom. The van der Waals surface area contributed by atoms with Crippen molar-refractivity contribution in [3.63, 3.8) is 0 Å². The smallest absolute Gasteiger partial charge is 0.250 e. The molecule has 28 heavy (non-hydrogen) atoms. The molecule has 7 nitrogen and oxygen atoms in total. The van der Waals surface area contributed by atoms with E-state index in [1.165, 1.54) is 41.3 Å². The highest BCUT2D eigenvalue weighted by molar-refractivity contribution is 8.01. The summed E-state index contributed by atoms with van der Waals surface area (Å²) < 4.78 is 26.7. The summed E-state index contributed by atoms with van der Waals surface area (Å²) in [6, 6.07) is 3.39. The van der Waals surface area contributed by atoms with Crippen LogP contribution < -0.4 is 9.62 Å². The molecular weight excluding hydrogens is 463 g/mol. The number of carbonyl (C=O) groups is 1. The quantitative estimate of drug-likeness (QED) is 0.438. The van der Waals surface area contributed by atoms with Crippen molar-refractivity contribution in [1.29, 1.82) is 0 Å². The number of anilines is 2. The Morgan fingerprint density at radius 1 is 1.25 bits per heavy atom. The first-order valence-corrected chi connectivity index (χ1v) is 12.6. The average molecular weight is 483 g/mol. The van der Waals surface area contributed by atoms with Crippen molar-refractivity contribution < 1.29 is 13.2 Å². The monoisotopic (exact) mass is 482 g/mol. The Bertz CT molecular complexity index is 930.